The first-order chi connectivity index (χ1) is 8.04. The number of hydrogen-bond donors (Lipinski definition) is 2. The van der Waals surface area contributed by atoms with Crippen LogP contribution in [0.15, 0.2) is 23.1 Å². The second-order valence-corrected chi connectivity index (χ2v) is 4.72. The number of nitrogens with two attached hydrogens (primary N) is 1. The molecule has 17 heavy (non-hydrogen) atoms. The molecular formula is C12H17N3O2. The molecule has 2 rings (SSSR count). The summed E-state index contributed by atoms with van der Waals surface area (Å²) in [6.07, 6.45) is 3.40. The molecule has 0 bridgehead atoms. The number of pyridine rings is 1. The molecule has 1 amide bonds. The number of nitrogens with zero attached hydrogens (tertiary/aromatic N) is 1. The fourth-order valence-corrected chi connectivity index (χ4v) is 2.24. The molecular weight excluding hydrogens is 218 g/mol. The van der Waals surface area contributed by atoms with Crippen molar-refractivity contribution in [2.45, 2.75) is 25.3 Å². The van der Waals surface area contributed by atoms with Crippen LogP contribution in [-0.4, -0.2) is 34.4 Å². The SMILES string of the molecule is CCCC1(N)CN(C(=O)c2ccc(=O)[nH]c2)C1. The zero-order valence-corrected chi connectivity index (χ0v) is 9.90. The van der Waals surface area contributed by atoms with E-state index in [2.05, 4.69) is 11.9 Å². The lowest BCUT2D eigenvalue weighted by Crippen LogP contribution is -2.68. The summed E-state index contributed by atoms with van der Waals surface area (Å²) in [6.45, 7) is 3.28. The molecule has 1 saturated heterocycles. The fourth-order valence-electron chi connectivity index (χ4n) is 2.24. The molecule has 0 unspecified atom stereocenters. The molecule has 1 aliphatic rings. The third-order valence-electron chi connectivity index (χ3n) is 3.08. The number of carbonyl (C=O) groups excluding carboxylic acids is 1. The second-order valence-electron chi connectivity index (χ2n) is 4.72. The normalized spacial score (nSPS) is 17.6. The third-order valence-corrected chi connectivity index (χ3v) is 3.08. The van der Waals surface area contributed by atoms with Gasteiger partial charge in [0.25, 0.3) is 5.91 Å². The van der Waals surface area contributed by atoms with Crippen LogP contribution in [0.2, 0.25) is 0 Å². The maximum atomic E-state index is 12.0. The van der Waals surface area contributed by atoms with Crippen molar-refractivity contribution < 1.29 is 4.79 Å². The van der Waals surface area contributed by atoms with Gasteiger partial charge in [-0.15, -0.1) is 0 Å². The Bertz CT molecular complexity index is 454. The van der Waals surface area contributed by atoms with Crippen LogP contribution in [0.5, 0.6) is 0 Å². The fraction of sp³-hybridized carbons (Fsp3) is 0.500. The topological polar surface area (TPSA) is 79.2 Å². The van der Waals surface area contributed by atoms with Crippen molar-refractivity contribution in [3.63, 3.8) is 0 Å². The van der Waals surface area contributed by atoms with Gasteiger partial charge in [0.05, 0.1) is 11.1 Å². The molecule has 92 valence electrons. The molecule has 5 nitrogen and oxygen atoms in total. The Balaban J connectivity index is 2.00. The van der Waals surface area contributed by atoms with Crippen LogP contribution < -0.4 is 11.3 Å². The van der Waals surface area contributed by atoms with E-state index in [0.29, 0.717) is 18.7 Å². The minimum atomic E-state index is -0.216. The molecule has 2 heterocycles. The van der Waals surface area contributed by atoms with Gasteiger partial charge in [-0.2, -0.15) is 0 Å². The van der Waals surface area contributed by atoms with Crippen molar-refractivity contribution >= 4 is 5.91 Å². The zero-order chi connectivity index (χ0) is 12.5. The molecule has 0 radical (unpaired) electrons. The minimum absolute atomic E-state index is 0.0709. The molecule has 3 N–H and O–H groups in total. The molecule has 0 spiro atoms. The molecule has 0 aliphatic carbocycles. The molecule has 0 saturated carbocycles. The first kappa shape index (κ1) is 11.9. The lowest BCUT2D eigenvalue weighted by Gasteiger charge is -2.47. The summed E-state index contributed by atoms with van der Waals surface area (Å²) >= 11 is 0. The van der Waals surface area contributed by atoms with Crippen LogP contribution in [0, 0.1) is 0 Å². The quantitative estimate of drug-likeness (QED) is 0.792. The van der Waals surface area contributed by atoms with E-state index in [1.165, 1.54) is 18.3 Å². The van der Waals surface area contributed by atoms with Crippen LogP contribution in [-0.2, 0) is 0 Å². The highest BCUT2D eigenvalue weighted by molar-refractivity contribution is 5.94. The van der Waals surface area contributed by atoms with Crippen LogP contribution in [0.1, 0.15) is 30.1 Å². The summed E-state index contributed by atoms with van der Waals surface area (Å²) in [5.41, 5.74) is 6.17. The van der Waals surface area contributed by atoms with E-state index in [4.69, 9.17) is 5.73 Å². The lowest BCUT2D eigenvalue weighted by atomic mass is 9.86. The maximum Gasteiger partial charge on any atom is 0.255 e. The molecule has 1 aliphatic heterocycles. The zero-order valence-electron chi connectivity index (χ0n) is 9.90. The Morgan fingerprint density at radius 1 is 1.53 bits per heavy atom. The number of aromatic amines is 1. The predicted molar refractivity (Wildman–Crippen MR) is 64.8 cm³/mol. The van der Waals surface area contributed by atoms with Gasteiger partial charge in [-0.1, -0.05) is 13.3 Å². The van der Waals surface area contributed by atoms with Crippen molar-refractivity contribution in [3.05, 3.63) is 34.2 Å². The van der Waals surface area contributed by atoms with E-state index >= 15 is 0 Å². The molecule has 1 aromatic rings. The lowest BCUT2D eigenvalue weighted by molar-refractivity contribution is 0.0386. The predicted octanol–water partition coefficient (Wildman–Crippen LogP) is 0.328. The van der Waals surface area contributed by atoms with Crippen molar-refractivity contribution in [3.8, 4) is 0 Å². The summed E-state index contributed by atoms with van der Waals surface area (Å²) in [6, 6.07) is 2.90. The first-order valence-electron chi connectivity index (χ1n) is 5.81. The van der Waals surface area contributed by atoms with E-state index in [1.807, 2.05) is 0 Å². The van der Waals surface area contributed by atoms with E-state index in [9.17, 15) is 9.59 Å². The number of hydrogen-bond acceptors (Lipinski definition) is 3. The standard InChI is InChI=1S/C12H17N3O2/c1-2-5-12(13)7-15(8-12)11(17)9-3-4-10(16)14-6-9/h3-4,6H,2,5,7-8,13H2,1H3,(H,14,16). The van der Waals surface area contributed by atoms with Crippen LogP contribution in [0.25, 0.3) is 0 Å². The van der Waals surface area contributed by atoms with E-state index in [-0.39, 0.29) is 17.0 Å². The molecule has 0 atom stereocenters. The van der Waals surface area contributed by atoms with Gasteiger partial charge >= 0.3 is 0 Å². The van der Waals surface area contributed by atoms with Crippen molar-refractivity contribution in [2.75, 3.05) is 13.1 Å². The molecule has 1 aromatic heterocycles. The number of amides is 1. The molecule has 1 fully saturated rings. The highest BCUT2D eigenvalue weighted by Crippen LogP contribution is 2.24. The average Bonchev–Trinajstić information content (AvgIpc) is 2.26. The van der Waals surface area contributed by atoms with E-state index in [0.717, 1.165) is 12.8 Å². The Hall–Kier alpha value is -1.62. The van der Waals surface area contributed by atoms with Gasteiger partial charge in [0.2, 0.25) is 5.56 Å². The summed E-state index contributed by atoms with van der Waals surface area (Å²) in [4.78, 5) is 27.1. The van der Waals surface area contributed by atoms with Gasteiger partial charge in [0.1, 0.15) is 0 Å². The van der Waals surface area contributed by atoms with Gasteiger partial charge in [0.15, 0.2) is 0 Å². The second kappa shape index (κ2) is 4.33. The molecule has 5 heteroatoms. The van der Waals surface area contributed by atoms with Crippen molar-refractivity contribution in [1.82, 2.24) is 9.88 Å². The summed E-state index contributed by atoms with van der Waals surface area (Å²) < 4.78 is 0. The Kier molecular flexibility index (Phi) is 3.02. The van der Waals surface area contributed by atoms with E-state index < -0.39 is 0 Å². The number of nitrogens with one attached hydrogen (secondary N) is 1. The van der Waals surface area contributed by atoms with Gasteiger partial charge in [-0.3, -0.25) is 9.59 Å². The Morgan fingerprint density at radius 2 is 2.24 bits per heavy atom. The smallest absolute Gasteiger partial charge is 0.255 e. The Morgan fingerprint density at radius 3 is 2.76 bits per heavy atom. The maximum absolute atomic E-state index is 12.0. The van der Waals surface area contributed by atoms with Crippen LogP contribution in [0.4, 0.5) is 0 Å². The number of likely N-dealkylation sites (tertiary alicyclic amines) is 1. The van der Waals surface area contributed by atoms with Crippen molar-refractivity contribution in [1.29, 1.82) is 0 Å². The molecule has 0 aromatic carbocycles. The van der Waals surface area contributed by atoms with Crippen molar-refractivity contribution in [2.24, 2.45) is 5.73 Å². The number of H-pyrrole nitrogens is 1. The summed E-state index contributed by atoms with van der Waals surface area (Å²) in [7, 11) is 0. The third kappa shape index (κ3) is 2.39. The number of aromatic nitrogens is 1. The van der Waals surface area contributed by atoms with Gasteiger partial charge < -0.3 is 15.6 Å². The van der Waals surface area contributed by atoms with Gasteiger partial charge in [-0.25, -0.2) is 0 Å². The van der Waals surface area contributed by atoms with E-state index in [1.54, 1.807) is 4.90 Å². The number of carbonyl (C=O) groups is 1. The van der Waals surface area contributed by atoms with Crippen LogP contribution in [0.3, 0.4) is 0 Å². The summed E-state index contributed by atoms with van der Waals surface area (Å²) in [5.74, 6) is -0.0709. The van der Waals surface area contributed by atoms with Gasteiger partial charge in [-0.05, 0) is 12.5 Å². The first-order valence-corrected chi connectivity index (χ1v) is 5.81. The number of rotatable bonds is 3. The minimum Gasteiger partial charge on any atom is -0.335 e. The monoisotopic (exact) mass is 235 g/mol. The highest BCUT2D eigenvalue weighted by Gasteiger charge is 2.41. The summed E-state index contributed by atoms with van der Waals surface area (Å²) in [5, 5.41) is 0. The van der Waals surface area contributed by atoms with Crippen LogP contribution >= 0.6 is 0 Å². The Labute approximate surface area is 99.6 Å². The highest BCUT2D eigenvalue weighted by atomic mass is 16.2. The van der Waals surface area contributed by atoms with Gasteiger partial charge in [0, 0.05) is 25.4 Å². The largest absolute Gasteiger partial charge is 0.335 e. The average molecular weight is 235 g/mol.